The molecule has 5 nitrogen and oxygen atoms in total. The van der Waals surface area contributed by atoms with Crippen molar-refractivity contribution < 1.29 is 8.42 Å². The molecule has 1 aromatic rings. The smallest absolute Gasteiger partial charge is 0.240 e. The maximum Gasteiger partial charge on any atom is 0.240 e. The van der Waals surface area contributed by atoms with Crippen molar-refractivity contribution in [1.82, 2.24) is 9.71 Å². The van der Waals surface area contributed by atoms with Gasteiger partial charge in [0.1, 0.15) is 5.82 Å². The number of sulfonamides is 1. The zero-order valence-corrected chi connectivity index (χ0v) is 12.1. The Balaban J connectivity index is 2.78. The van der Waals surface area contributed by atoms with Crippen LogP contribution in [0.2, 0.25) is 0 Å². The molecule has 3 N–H and O–H groups in total. The summed E-state index contributed by atoms with van der Waals surface area (Å²) in [5.74, 6) is 0.424. The number of nitrogens with zero attached hydrogens (tertiary/aromatic N) is 1. The second-order valence-corrected chi connectivity index (χ2v) is 7.30. The van der Waals surface area contributed by atoms with E-state index in [9.17, 15) is 8.42 Å². The van der Waals surface area contributed by atoms with Crippen LogP contribution in [0, 0.1) is 11.3 Å². The lowest BCUT2D eigenvalue weighted by Crippen LogP contribution is -2.33. The van der Waals surface area contributed by atoms with Crippen LogP contribution in [0.15, 0.2) is 23.2 Å². The largest absolute Gasteiger partial charge is 0.384 e. The van der Waals surface area contributed by atoms with Gasteiger partial charge in [-0.25, -0.2) is 18.1 Å². The molecule has 18 heavy (non-hydrogen) atoms. The van der Waals surface area contributed by atoms with Crippen LogP contribution in [-0.2, 0) is 10.0 Å². The standard InChI is InChI=1S/C12H21N3O2S/c1-9(12(2,3)4)8-15-18(16,17)10-5-6-14-11(13)7-10/h5-7,9,15H,8H2,1-4H3,(H2,13,14). The van der Waals surface area contributed by atoms with Crippen molar-refractivity contribution in [3.63, 3.8) is 0 Å². The van der Waals surface area contributed by atoms with Crippen molar-refractivity contribution in [2.24, 2.45) is 11.3 Å². The topological polar surface area (TPSA) is 85.1 Å². The highest BCUT2D eigenvalue weighted by Gasteiger charge is 2.22. The predicted octanol–water partition coefficient (Wildman–Crippen LogP) is 1.62. The Hall–Kier alpha value is -1.14. The van der Waals surface area contributed by atoms with Gasteiger partial charge in [-0.15, -0.1) is 0 Å². The molecule has 102 valence electrons. The fraction of sp³-hybridized carbons (Fsp3) is 0.583. The summed E-state index contributed by atoms with van der Waals surface area (Å²) in [6, 6.07) is 2.78. The second-order valence-electron chi connectivity index (χ2n) is 5.54. The Kier molecular flexibility index (Phi) is 4.34. The minimum atomic E-state index is -3.51. The van der Waals surface area contributed by atoms with Gasteiger partial charge in [0.25, 0.3) is 0 Å². The van der Waals surface area contributed by atoms with Crippen LogP contribution in [0.1, 0.15) is 27.7 Å². The number of nitrogens with two attached hydrogens (primary N) is 1. The van der Waals surface area contributed by atoms with Gasteiger partial charge in [0.2, 0.25) is 10.0 Å². The molecular weight excluding hydrogens is 250 g/mol. The molecule has 0 saturated heterocycles. The minimum Gasteiger partial charge on any atom is -0.384 e. The maximum atomic E-state index is 12.0. The molecule has 0 radical (unpaired) electrons. The van der Waals surface area contributed by atoms with Crippen molar-refractivity contribution in [2.45, 2.75) is 32.6 Å². The first-order valence-corrected chi connectivity index (χ1v) is 7.32. The average Bonchev–Trinajstić information content (AvgIpc) is 2.24. The van der Waals surface area contributed by atoms with Crippen LogP contribution in [0.25, 0.3) is 0 Å². The molecule has 0 amide bonds. The molecule has 0 bridgehead atoms. The van der Waals surface area contributed by atoms with E-state index in [4.69, 9.17) is 5.73 Å². The van der Waals surface area contributed by atoms with Crippen LogP contribution in [-0.4, -0.2) is 19.9 Å². The summed E-state index contributed by atoms with van der Waals surface area (Å²) >= 11 is 0. The highest BCUT2D eigenvalue weighted by molar-refractivity contribution is 7.89. The molecule has 0 spiro atoms. The third-order valence-electron chi connectivity index (χ3n) is 3.12. The Labute approximate surface area is 109 Å². The fourth-order valence-corrected chi connectivity index (χ4v) is 2.37. The summed E-state index contributed by atoms with van der Waals surface area (Å²) in [5.41, 5.74) is 5.53. The third-order valence-corrected chi connectivity index (χ3v) is 4.54. The Morgan fingerprint density at radius 2 is 2.06 bits per heavy atom. The predicted molar refractivity (Wildman–Crippen MR) is 72.5 cm³/mol. The van der Waals surface area contributed by atoms with Crippen molar-refractivity contribution >= 4 is 15.8 Å². The number of nitrogen functional groups attached to an aromatic ring is 1. The van der Waals surface area contributed by atoms with E-state index >= 15 is 0 Å². The van der Waals surface area contributed by atoms with E-state index < -0.39 is 10.0 Å². The van der Waals surface area contributed by atoms with Gasteiger partial charge >= 0.3 is 0 Å². The van der Waals surface area contributed by atoms with Crippen LogP contribution in [0.5, 0.6) is 0 Å². The Morgan fingerprint density at radius 3 is 2.56 bits per heavy atom. The van der Waals surface area contributed by atoms with Crippen molar-refractivity contribution in [1.29, 1.82) is 0 Å². The van der Waals surface area contributed by atoms with Crippen LogP contribution < -0.4 is 10.5 Å². The summed E-state index contributed by atoms with van der Waals surface area (Å²) in [5, 5.41) is 0. The van der Waals surface area contributed by atoms with Crippen molar-refractivity contribution in [2.75, 3.05) is 12.3 Å². The van der Waals surface area contributed by atoms with Gasteiger partial charge in [0.15, 0.2) is 0 Å². The highest BCUT2D eigenvalue weighted by atomic mass is 32.2. The summed E-state index contributed by atoms with van der Waals surface area (Å²) in [6.45, 7) is 8.65. The fourth-order valence-electron chi connectivity index (χ4n) is 1.22. The molecule has 0 fully saturated rings. The number of aromatic nitrogens is 1. The summed E-state index contributed by atoms with van der Waals surface area (Å²) < 4.78 is 26.6. The highest BCUT2D eigenvalue weighted by Crippen LogP contribution is 2.24. The van der Waals surface area contributed by atoms with E-state index in [0.717, 1.165) is 0 Å². The van der Waals surface area contributed by atoms with E-state index in [-0.39, 0.29) is 22.0 Å². The molecule has 1 unspecified atom stereocenters. The van der Waals surface area contributed by atoms with E-state index in [1.165, 1.54) is 18.3 Å². The van der Waals surface area contributed by atoms with E-state index in [1.54, 1.807) is 0 Å². The first kappa shape index (κ1) is 14.9. The normalized spacial score (nSPS) is 14.4. The first-order valence-electron chi connectivity index (χ1n) is 5.84. The molecule has 0 aliphatic carbocycles. The van der Waals surface area contributed by atoms with Gasteiger partial charge in [-0.3, -0.25) is 0 Å². The number of nitrogens with one attached hydrogen (secondary N) is 1. The van der Waals surface area contributed by atoms with Crippen LogP contribution >= 0.6 is 0 Å². The maximum absolute atomic E-state index is 12.0. The van der Waals surface area contributed by atoms with E-state index in [2.05, 4.69) is 30.5 Å². The number of hydrogen-bond donors (Lipinski definition) is 2. The monoisotopic (exact) mass is 271 g/mol. The SMILES string of the molecule is CC(CNS(=O)(=O)c1ccnc(N)c1)C(C)(C)C. The Bertz CT molecular complexity index is 506. The first-order chi connectivity index (χ1) is 8.13. The third kappa shape index (κ3) is 3.96. The molecule has 1 atom stereocenters. The lowest BCUT2D eigenvalue weighted by atomic mass is 9.82. The van der Waals surface area contributed by atoms with E-state index in [1.807, 2.05) is 6.92 Å². The molecule has 0 saturated carbocycles. The Morgan fingerprint density at radius 1 is 1.44 bits per heavy atom. The number of rotatable bonds is 4. The molecule has 1 aromatic heterocycles. The van der Waals surface area contributed by atoms with Gasteiger partial charge in [-0.1, -0.05) is 27.7 Å². The lowest BCUT2D eigenvalue weighted by Gasteiger charge is -2.27. The second kappa shape index (κ2) is 5.24. The number of hydrogen-bond acceptors (Lipinski definition) is 4. The molecule has 0 aliphatic rings. The summed E-state index contributed by atoms with van der Waals surface area (Å²) in [7, 11) is -3.51. The molecule has 1 heterocycles. The number of pyridine rings is 1. The lowest BCUT2D eigenvalue weighted by molar-refractivity contribution is 0.263. The molecular formula is C12H21N3O2S. The van der Waals surface area contributed by atoms with Gasteiger partial charge < -0.3 is 5.73 Å². The zero-order chi connectivity index (χ0) is 14.0. The van der Waals surface area contributed by atoms with Gasteiger partial charge in [-0.2, -0.15) is 0 Å². The molecule has 1 rings (SSSR count). The van der Waals surface area contributed by atoms with Crippen LogP contribution in [0.3, 0.4) is 0 Å². The van der Waals surface area contributed by atoms with Gasteiger partial charge in [-0.05, 0) is 17.4 Å². The van der Waals surface area contributed by atoms with Gasteiger partial charge in [0, 0.05) is 18.8 Å². The quantitative estimate of drug-likeness (QED) is 0.871. The van der Waals surface area contributed by atoms with Gasteiger partial charge in [0.05, 0.1) is 4.90 Å². The van der Waals surface area contributed by atoms with Crippen molar-refractivity contribution in [3.05, 3.63) is 18.3 Å². The van der Waals surface area contributed by atoms with Crippen LogP contribution in [0.4, 0.5) is 5.82 Å². The summed E-state index contributed by atoms with van der Waals surface area (Å²) in [6.07, 6.45) is 1.39. The number of anilines is 1. The minimum absolute atomic E-state index is 0.0553. The summed E-state index contributed by atoms with van der Waals surface area (Å²) in [4.78, 5) is 3.92. The molecule has 6 heteroatoms. The van der Waals surface area contributed by atoms with Crippen molar-refractivity contribution in [3.8, 4) is 0 Å². The average molecular weight is 271 g/mol. The molecule has 0 aliphatic heterocycles. The zero-order valence-electron chi connectivity index (χ0n) is 11.3. The molecule has 0 aromatic carbocycles. The van der Waals surface area contributed by atoms with E-state index in [0.29, 0.717) is 6.54 Å².